The van der Waals surface area contributed by atoms with Crippen LogP contribution in [0.15, 0.2) is 24.4 Å². The predicted octanol–water partition coefficient (Wildman–Crippen LogP) is 2.51. The summed E-state index contributed by atoms with van der Waals surface area (Å²) < 4.78 is 33.5. The summed E-state index contributed by atoms with van der Waals surface area (Å²) in [4.78, 5) is 2.36. The molecule has 1 fully saturated rings. The molecular formula is C16H20F2N4O. The summed E-state index contributed by atoms with van der Waals surface area (Å²) in [5.74, 6) is -1.22. The summed E-state index contributed by atoms with van der Waals surface area (Å²) in [6.45, 7) is 3.65. The number of hydrogen-bond acceptors (Lipinski definition) is 4. The zero-order valence-corrected chi connectivity index (χ0v) is 13.1. The van der Waals surface area contributed by atoms with Crippen molar-refractivity contribution >= 4 is 0 Å². The molecule has 1 aromatic carbocycles. The number of benzene rings is 1. The Morgan fingerprint density at radius 3 is 2.52 bits per heavy atom. The maximum Gasteiger partial charge on any atom is 0.126 e. The molecule has 2 heterocycles. The summed E-state index contributed by atoms with van der Waals surface area (Å²) in [6, 6.07) is 3.66. The van der Waals surface area contributed by atoms with Gasteiger partial charge in [0.25, 0.3) is 0 Å². The number of piperidine rings is 1. The first kappa shape index (κ1) is 16.0. The molecule has 124 valence electrons. The lowest BCUT2D eigenvalue weighted by Gasteiger charge is -2.31. The highest BCUT2D eigenvalue weighted by atomic mass is 19.1. The lowest BCUT2D eigenvalue weighted by atomic mass is 10.1. The van der Waals surface area contributed by atoms with Crippen LogP contribution in [0.3, 0.4) is 0 Å². The van der Waals surface area contributed by atoms with Crippen molar-refractivity contribution in [1.82, 2.24) is 19.9 Å². The van der Waals surface area contributed by atoms with Crippen LogP contribution in [0.4, 0.5) is 8.78 Å². The van der Waals surface area contributed by atoms with E-state index in [2.05, 4.69) is 15.2 Å². The summed E-state index contributed by atoms with van der Waals surface area (Å²) in [5.41, 5.74) is 0.900. The Labute approximate surface area is 133 Å². The van der Waals surface area contributed by atoms with Crippen LogP contribution in [0, 0.1) is 11.6 Å². The minimum Gasteiger partial charge on any atom is -0.383 e. The predicted molar refractivity (Wildman–Crippen MR) is 82.0 cm³/mol. The number of halogens is 2. The van der Waals surface area contributed by atoms with Crippen LogP contribution in [0.5, 0.6) is 0 Å². The van der Waals surface area contributed by atoms with Crippen LogP contribution in [0.1, 0.15) is 18.9 Å². The summed E-state index contributed by atoms with van der Waals surface area (Å²) in [6.07, 6.45) is 3.72. The SMILES string of the molecule is COCCN1CCC(n2cc(-c3cc(F)cc(F)c3)nn2)CC1. The van der Waals surface area contributed by atoms with E-state index in [0.29, 0.717) is 11.3 Å². The number of hydrogen-bond donors (Lipinski definition) is 0. The Kier molecular flexibility index (Phi) is 4.97. The van der Waals surface area contributed by atoms with Gasteiger partial charge in [-0.15, -0.1) is 5.10 Å². The van der Waals surface area contributed by atoms with Gasteiger partial charge in [-0.05, 0) is 25.0 Å². The summed E-state index contributed by atoms with van der Waals surface area (Å²) in [5, 5.41) is 8.20. The second kappa shape index (κ2) is 7.14. The zero-order valence-electron chi connectivity index (χ0n) is 13.1. The molecule has 23 heavy (non-hydrogen) atoms. The number of rotatable bonds is 5. The summed E-state index contributed by atoms with van der Waals surface area (Å²) >= 11 is 0. The van der Waals surface area contributed by atoms with Gasteiger partial charge in [-0.1, -0.05) is 5.21 Å². The largest absolute Gasteiger partial charge is 0.383 e. The van der Waals surface area contributed by atoms with E-state index in [1.165, 1.54) is 12.1 Å². The third-order valence-electron chi connectivity index (χ3n) is 4.21. The average Bonchev–Trinajstić information content (AvgIpc) is 3.02. The number of nitrogens with zero attached hydrogens (tertiary/aromatic N) is 4. The van der Waals surface area contributed by atoms with Crippen molar-refractivity contribution in [3.8, 4) is 11.3 Å². The molecule has 1 saturated heterocycles. The number of ether oxygens (including phenoxy) is 1. The Bertz CT molecular complexity index is 633. The lowest BCUT2D eigenvalue weighted by molar-refractivity contribution is 0.119. The van der Waals surface area contributed by atoms with Crippen molar-refractivity contribution in [1.29, 1.82) is 0 Å². The van der Waals surface area contributed by atoms with Gasteiger partial charge in [0, 0.05) is 38.4 Å². The average molecular weight is 322 g/mol. The molecule has 0 atom stereocenters. The maximum atomic E-state index is 13.3. The highest BCUT2D eigenvalue weighted by Crippen LogP contribution is 2.24. The molecular weight excluding hydrogens is 302 g/mol. The Morgan fingerprint density at radius 2 is 1.87 bits per heavy atom. The fourth-order valence-electron chi connectivity index (χ4n) is 2.92. The normalized spacial score (nSPS) is 16.8. The molecule has 1 aliphatic rings. The van der Waals surface area contributed by atoms with Crippen LogP contribution in [-0.4, -0.2) is 53.2 Å². The molecule has 0 amide bonds. The van der Waals surface area contributed by atoms with Crippen molar-refractivity contribution < 1.29 is 13.5 Å². The van der Waals surface area contributed by atoms with Gasteiger partial charge in [0.05, 0.1) is 18.8 Å². The van der Waals surface area contributed by atoms with Gasteiger partial charge in [-0.2, -0.15) is 0 Å². The van der Waals surface area contributed by atoms with Gasteiger partial charge in [0.2, 0.25) is 0 Å². The van der Waals surface area contributed by atoms with Crippen LogP contribution in [-0.2, 0) is 4.74 Å². The van der Waals surface area contributed by atoms with Gasteiger partial charge < -0.3 is 9.64 Å². The van der Waals surface area contributed by atoms with Crippen LogP contribution >= 0.6 is 0 Å². The first-order valence-electron chi connectivity index (χ1n) is 7.75. The summed E-state index contributed by atoms with van der Waals surface area (Å²) in [7, 11) is 1.71. The molecule has 0 radical (unpaired) electrons. The fourth-order valence-corrected chi connectivity index (χ4v) is 2.92. The molecule has 0 N–H and O–H groups in total. The topological polar surface area (TPSA) is 43.2 Å². The van der Waals surface area contributed by atoms with E-state index < -0.39 is 11.6 Å². The first-order chi connectivity index (χ1) is 11.2. The van der Waals surface area contributed by atoms with Crippen molar-refractivity contribution in [2.45, 2.75) is 18.9 Å². The third kappa shape index (κ3) is 3.92. The maximum absolute atomic E-state index is 13.3. The second-order valence-corrected chi connectivity index (χ2v) is 5.81. The Morgan fingerprint density at radius 1 is 1.17 bits per heavy atom. The van der Waals surface area contributed by atoms with E-state index in [1.807, 2.05) is 4.68 Å². The van der Waals surface area contributed by atoms with Crippen LogP contribution < -0.4 is 0 Å². The van der Waals surface area contributed by atoms with E-state index in [4.69, 9.17) is 4.74 Å². The lowest BCUT2D eigenvalue weighted by Crippen LogP contribution is -2.36. The molecule has 0 aliphatic carbocycles. The van der Waals surface area contributed by atoms with Crippen molar-refractivity contribution in [3.63, 3.8) is 0 Å². The Balaban J connectivity index is 1.66. The monoisotopic (exact) mass is 322 g/mol. The van der Waals surface area contributed by atoms with Crippen molar-refractivity contribution in [2.24, 2.45) is 0 Å². The number of methoxy groups -OCH3 is 1. The molecule has 1 aliphatic heterocycles. The van der Waals surface area contributed by atoms with E-state index in [-0.39, 0.29) is 6.04 Å². The highest BCUT2D eigenvalue weighted by molar-refractivity contribution is 5.57. The van der Waals surface area contributed by atoms with Crippen LogP contribution in [0.2, 0.25) is 0 Å². The molecule has 1 aromatic heterocycles. The van der Waals surface area contributed by atoms with Crippen LogP contribution in [0.25, 0.3) is 11.3 Å². The molecule has 3 rings (SSSR count). The first-order valence-corrected chi connectivity index (χ1v) is 7.75. The molecule has 2 aromatic rings. The van der Waals surface area contributed by atoms with Gasteiger partial charge >= 0.3 is 0 Å². The number of aromatic nitrogens is 3. The van der Waals surface area contributed by atoms with Crippen molar-refractivity contribution in [3.05, 3.63) is 36.0 Å². The quantitative estimate of drug-likeness (QED) is 0.848. The minimum atomic E-state index is -0.610. The minimum absolute atomic E-state index is 0.272. The standard InChI is InChI=1S/C16H20F2N4O/c1-23-7-6-21-4-2-15(3-5-21)22-11-16(19-20-22)12-8-13(17)10-14(18)9-12/h8-11,15H,2-7H2,1H3. The van der Waals surface area contributed by atoms with Crippen molar-refractivity contribution in [2.75, 3.05) is 33.4 Å². The molecule has 0 bridgehead atoms. The van der Waals surface area contributed by atoms with E-state index in [9.17, 15) is 8.78 Å². The Hall–Kier alpha value is -1.86. The number of likely N-dealkylation sites (tertiary alicyclic amines) is 1. The molecule has 0 spiro atoms. The molecule has 5 nitrogen and oxygen atoms in total. The highest BCUT2D eigenvalue weighted by Gasteiger charge is 2.21. The smallest absolute Gasteiger partial charge is 0.126 e. The fraction of sp³-hybridized carbons (Fsp3) is 0.500. The van der Waals surface area contributed by atoms with Gasteiger partial charge in [0.1, 0.15) is 17.3 Å². The van der Waals surface area contributed by atoms with Gasteiger partial charge in [0.15, 0.2) is 0 Å². The third-order valence-corrected chi connectivity index (χ3v) is 4.21. The van der Waals surface area contributed by atoms with E-state index in [0.717, 1.165) is 45.1 Å². The van der Waals surface area contributed by atoms with E-state index >= 15 is 0 Å². The van der Waals surface area contributed by atoms with Gasteiger partial charge in [-0.25, -0.2) is 13.5 Å². The molecule has 0 saturated carbocycles. The molecule has 7 heteroatoms. The van der Waals surface area contributed by atoms with Gasteiger partial charge in [-0.3, -0.25) is 0 Å². The zero-order chi connectivity index (χ0) is 16.2. The second-order valence-electron chi connectivity index (χ2n) is 5.81. The van der Waals surface area contributed by atoms with E-state index in [1.54, 1.807) is 13.3 Å². The molecule has 0 unspecified atom stereocenters.